The molecule has 0 saturated heterocycles. The second-order valence-electron chi connectivity index (χ2n) is 4.39. The van der Waals surface area contributed by atoms with E-state index in [-0.39, 0.29) is 11.6 Å². The van der Waals surface area contributed by atoms with E-state index in [1.807, 2.05) is 30.3 Å². The van der Waals surface area contributed by atoms with Gasteiger partial charge in [-0.1, -0.05) is 37.3 Å². The first-order chi connectivity index (χ1) is 9.66. The number of nitrogens with zero attached hydrogens (tertiary/aromatic N) is 2. The summed E-state index contributed by atoms with van der Waals surface area (Å²) in [6.45, 7) is 2.05. The van der Waals surface area contributed by atoms with E-state index in [1.165, 1.54) is 17.7 Å². The molecule has 0 radical (unpaired) electrons. The maximum atomic E-state index is 10.5. The minimum absolute atomic E-state index is 0.0668. The highest BCUT2D eigenvalue weighted by atomic mass is 16.6. The van der Waals surface area contributed by atoms with Crippen molar-refractivity contribution in [2.45, 2.75) is 12.8 Å². The van der Waals surface area contributed by atoms with Gasteiger partial charge in [0.1, 0.15) is 0 Å². The van der Waals surface area contributed by atoms with Gasteiger partial charge in [0.25, 0.3) is 5.69 Å². The molecule has 2 aromatic rings. The summed E-state index contributed by atoms with van der Waals surface area (Å²) in [5, 5.41) is 14.7. The molecule has 1 unspecified atom stereocenters. The van der Waals surface area contributed by atoms with Crippen molar-refractivity contribution in [3.8, 4) is 0 Å². The lowest BCUT2D eigenvalue weighted by Crippen LogP contribution is -1.97. The summed E-state index contributed by atoms with van der Waals surface area (Å²) in [4.78, 5) is 10.1. The molecular weight excluding hydrogens is 254 g/mol. The number of anilines is 1. The molecule has 5 heteroatoms. The Morgan fingerprint density at radius 3 is 2.40 bits per heavy atom. The van der Waals surface area contributed by atoms with Crippen molar-refractivity contribution in [1.82, 2.24) is 0 Å². The van der Waals surface area contributed by atoms with Crippen molar-refractivity contribution in [2.75, 3.05) is 5.43 Å². The molecule has 2 rings (SSSR count). The van der Waals surface area contributed by atoms with Crippen LogP contribution in [0.5, 0.6) is 0 Å². The molecule has 2 aromatic carbocycles. The minimum Gasteiger partial charge on any atom is -0.279 e. The molecule has 0 bridgehead atoms. The molecule has 0 aliphatic rings. The molecule has 0 spiro atoms. The lowest BCUT2D eigenvalue weighted by atomic mass is 10.0. The van der Waals surface area contributed by atoms with Crippen LogP contribution in [0.4, 0.5) is 11.4 Å². The Balaban J connectivity index is 1.94. The van der Waals surface area contributed by atoms with Crippen LogP contribution in [0.15, 0.2) is 59.7 Å². The smallest absolute Gasteiger partial charge is 0.269 e. The largest absolute Gasteiger partial charge is 0.279 e. The zero-order valence-corrected chi connectivity index (χ0v) is 11.1. The molecule has 0 aliphatic heterocycles. The van der Waals surface area contributed by atoms with Crippen molar-refractivity contribution in [3.63, 3.8) is 0 Å². The Morgan fingerprint density at radius 2 is 1.80 bits per heavy atom. The standard InChI is InChI=1S/C15H15N3O2/c1-12(13-5-3-2-4-6-13)11-16-17-14-7-9-15(10-8-14)18(19)20/h2-12,17H,1H3. The van der Waals surface area contributed by atoms with Gasteiger partial charge in [0.05, 0.1) is 10.6 Å². The highest BCUT2D eigenvalue weighted by molar-refractivity contribution is 5.68. The van der Waals surface area contributed by atoms with Gasteiger partial charge in [-0.2, -0.15) is 5.10 Å². The topological polar surface area (TPSA) is 67.5 Å². The van der Waals surface area contributed by atoms with Crippen molar-refractivity contribution < 1.29 is 4.92 Å². The summed E-state index contributed by atoms with van der Waals surface area (Å²) in [5.41, 5.74) is 4.82. The van der Waals surface area contributed by atoms with Gasteiger partial charge in [-0.25, -0.2) is 0 Å². The third kappa shape index (κ3) is 3.65. The van der Waals surface area contributed by atoms with Crippen LogP contribution in [0.3, 0.4) is 0 Å². The van der Waals surface area contributed by atoms with Gasteiger partial charge in [-0.3, -0.25) is 15.5 Å². The normalized spacial score (nSPS) is 12.2. The van der Waals surface area contributed by atoms with Gasteiger partial charge in [0.2, 0.25) is 0 Å². The third-order valence-corrected chi connectivity index (χ3v) is 2.90. The Labute approximate surface area is 117 Å². The number of hydrogen-bond donors (Lipinski definition) is 1. The number of non-ortho nitro benzene ring substituents is 1. The molecule has 0 aliphatic carbocycles. The van der Waals surface area contributed by atoms with Crippen LogP contribution in [0, 0.1) is 10.1 Å². The summed E-state index contributed by atoms with van der Waals surface area (Å²) in [7, 11) is 0. The average molecular weight is 269 g/mol. The predicted molar refractivity (Wildman–Crippen MR) is 80.1 cm³/mol. The molecule has 20 heavy (non-hydrogen) atoms. The Bertz CT molecular complexity index is 594. The quantitative estimate of drug-likeness (QED) is 0.510. The molecule has 0 amide bonds. The number of nitrogens with one attached hydrogen (secondary N) is 1. The summed E-state index contributed by atoms with van der Waals surface area (Å²) in [6.07, 6.45) is 1.80. The SMILES string of the molecule is CC(C=NNc1ccc([N+](=O)[O-])cc1)c1ccccc1. The van der Waals surface area contributed by atoms with Crippen LogP contribution in [0.1, 0.15) is 18.4 Å². The lowest BCUT2D eigenvalue weighted by molar-refractivity contribution is -0.384. The van der Waals surface area contributed by atoms with Gasteiger partial charge >= 0.3 is 0 Å². The first-order valence-corrected chi connectivity index (χ1v) is 6.25. The van der Waals surface area contributed by atoms with Gasteiger partial charge in [0, 0.05) is 24.3 Å². The number of rotatable bonds is 5. The van der Waals surface area contributed by atoms with Crippen LogP contribution < -0.4 is 5.43 Å². The van der Waals surface area contributed by atoms with E-state index in [0.717, 1.165) is 0 Å². The summed E-state index contributed by atoms with van der Waals surface area (Å²) < 4.78 is 0. The highest BCUT2D eigenvalue weighted by Crippen LogP contribution is 2.16. The van der Waals surface area contributed by atoms with E-state index in [9.17, 15) is 10.1 Å². The van der Waals surface area contributed by atoms with E-state index in [0.29, 0.717) is 5.69 Å². The van der Waals surface area contributed by atoms with Crippen LogP contribution >= 0.6 is 0 Å². The summed E-state index contributed by atoms with van der Waals surface area (Å²) >= 11 is 0. The van der Waals surface area contributed by atoms with Crippen molar-refractivity contribution >= 4 is 17.6 Å². The van der Waals surface area contributed by atoms with E-state index in [4.69, 9.17) is 0 Å². The molecule has 5 nitrogen and oxygen atoms in total. The molecule has 1 atom stereocenters. The Morgan fingerprint density at radius 1 is 1.15 bits per heavy atom. The second kappa shape index (κ2) is 6.47. The van der Waals surface area contributed by atoms with E-state index < -0.39 is 4.92 Å². The van der Waals surface area contributed by atoms with E-state index in [1.54, 1.807) is 18.3 Å². The maximum Gasteiger partial charge on any atom is 0.269 e. The van der Waals surface area contributed by atoms with Gasteiger partial charge in [0.15, 0.2) is 0 Å². The van der Waals surface area contributed by atoms with Crippen molar-refractivity contribution in [1.29, 1.82) is 0 Å². The highest BCUT2D eigenvalue weighted by Gasteiger charge is 2.03. The van der Waals surface area contributed by atoms with Crippen LogP contribution in [0.2, 0.25) is 0 Å². The zero-order chi connectivity index (χ0) is 14.4. The number of hydrogen-bond acceptors (Lipinski definition) is 4. The fourth-order valence-corrected chi connectivity index (χ4v) is 1.72. The Hall–Kier alpha value is -2.69. The van der Waals surface area contributed by atoms with Crippen LogP contribution in [-0.2, 0) is 0 Å². The van der Waals surface area contributed by atoms with E-state index in [2.05, 4.69) is 17.5 Å². The molecule has 0 fully saturated rings. The molecule has 0 aromatic heterocycles. The summed E-state index contributed by atoms with van der Waals surface area (Å²) in [5.74, 6) is 0.196. The zero-order valence-electron chi connectivity index (χ0n) is 11.1. The third-order valence-electron chi connectivity index (χ3n) is 2.90. The van der Waals surface area contributed by atoms with Gasteiger partial charge in [-0.15, -0.1) is 0 Å². The monoisotopic (exact) mass is 269 g/mol. The van der Waals surface area contributed by atoms with Crippen LogP contribution in [0.25, 0.3) is 0 Å². The van der Waals surface area contributed by atoms with E-state index >= 15 is 0 Å². The fourth-order valence-electron chi connectivity index (χ4n) is 1.72. The average Bonchev–Trinajstić information content (AvgIpc) is 2.48. The first kappa shape index (κ1) is 13.7. The lowest BCUT2D eigenvalue weighted by Gasteiger charge is -2.05. The molecule has 0 heterocycles. The predicted octanol–water partition coefficient (Wildman–Crippen LogP) is 3.80. The molecule has 0 saturated carbocycles. The number of nitro benzene ring substituents is 1. The maximum absolute atomic E-state index is 10.5. The number of hydrazone groups is 1. The van der Waals surface area contributed by atoms with Crippen molar-refractivity contribution in [2.24, 2.45) is 5.10 Å². The number of benzene rings is 2. The van der Waals surface area contributed by atoms with Gasteiger partial charge < -0.3 is 0 Å². The molecule has 102 valence electrons. The summed E-state index contributed by atoms with van der Waals surface area (Å²) in [6, 6.07) is 16.2. The van der Waals surface area contributed by atoms with Gasteiger partial charge in [-0.05, 0) is 17.7 Å². The Kier molecular flexibility index (Phi) is 4.44. The molecule has 1 N–H and O–H groups in total. The minimum atomic E-state index is -0.426. The van der Waals surface area contributed by atoms with Crippen LogP contribution in [-0.4, -0.2) is 11.1 Å². The fraction of sp³-hybridized carbons (Fsp3) is 0.133. The molecular formula is C15H15N3O2. The second-order valence-corrected chi connectivity index (χ2v) is 4.39. The first-order valence-electron chi connectivity index (χ1n) is 6.25. The number of nitro groups is 1. The van der Waals surface area contributed by atoms with Crippen molar-refractivity contribution in [3.05, 3.63) is 70.3 Å².